The lowest BCUT2D eigenvalue weighted by molar-refractivity contribution is 0.576. The van der Waals surface area contributed by atoms with Crippen LogP contribution in [0.1, 0.15) is 16.7 Å². The van der Waals surface area contributed by atoms with Crippen LogP contribution in [0.15, 0.2) is 66.1 Å². The molecule has 0 radical (unpaired) electrons. The van der Waals surface area contributed by atoms with E-state index in [1.807, 2.05) is 35.0 Å². The molecule has 1 aromatic heterocycles. The van der Waals surface area contributed by atoms with E-state index in [0.29, 0.717) is 12.1 Å². The molecule has 0 atom stereocenters. The number of nitrogens with one attached hydrogen (secondary N) is 1. The van der Waals surface area contributed by atoms with Gasteiger partial charge in [-0.2, -0.15) is 0 Å². The predicted molar refractivity (Wildman–Crippen MR) is 92.9 cm³/mol. The molecule has 3 rings (SSSR count). The van der Waals surface area contributed by atoms with Crippen LogP contribution in [-0.4, -0.2) is 18.0 Å². The zero-order chi connectivity index (χ0) is 17.9. The summed E-state index contributed by atoms with van der Waals surface area (Å²) >= 11 is 0. The van der Waals surface area contributed by atoms with E-state index < -0.39 is 15.8 Å². The van der Waals surface area contributed by atoms with E-state index in [9.17, 15) is 12.8 Å². The van der Waals surface area contributed by atoms with Gasteiger partial charge in [0.1, 0.15) is 5.82 Å². The third-order valence-electron chi connectivity index (χ3n) is 3.85. The fourth-order valence-electron chi connectivity index (χ4n) is 2.47. The summed E-state index contributed by atoms with van der Waals surface area (Å²) in [4.78, 5) is 3.96. The van der Waals surface area contributed by atoms with Crippen LogP contribution in [0.5, 0.6) is 0 Å². The Morgan fingerprint density at radius 3 is 2.52 bits per heavy atom. The number of halogens is 1. The minimum atomic E-state index is -3.77. The molecule has 130 valence electrons. The first-order chi connectivity index (χ1) is 11.9. The van der Waals surface area contributed by atoms with Crippen LogP contribution < -0.4 is 4.72 Å². The second-order valence-corrected chi connectivity index (χ2v) is 7.52. The second-order valence-electron chi connectivity index (χ2n) is 5.79. The molecular formula is C18H18FN3O2S. The number of aryl methyl sites for hydroxylation is 1. The maximum atomic E-state index is 13.3. The highest BCUT2D eigenvalue weighted by molar-refractivity contribution is 7.89. The number of benzene rings is 2. The van der Waals surface area contributed by atoms with Crippen molar-refractivity contribution in [3.8, 4) is 0 Å². The number of imidazole rings is 1. The Bertz CT molecular complexity index is 952. The first-order valence-electron chi connectivity index (χ1n) is 7.73. The van der Waals surface area contributed by atoms with Crippen LogP contribution in [0.2, 0.25) is 0 Å². The third kappa shape index (κ3) is 4.32. The number of hydrogen-bond acceptors (Lipinski definition) is 3. The number of aromatic nitrogens is 2. The fraction of sp³-hybridized carbons (Fsp3) is 0.167. The van der Waals surface area contributed by atoms with Crippen LogP contribution in [0.3, 0.4) is 0 Å². The highest BCUT2D eigenvalue weighted by Gasteiger charge is 2.17. The Balaban J connectivity index is 1.67. The normalized spacial score (nSPS) is 11.6. The molecule has 7 heteroatoms. The molecule has 1 N–H and O–H groups in total. The van der Waals surface area contributed by atoms with Crippen LogP contribution in [0.25, 0.3) is 0 Å². The van der Waals surface area contributed by atoms with E-state index in [2.05, 4.69) is 9.71 Å². The van der Waals surface area contributed by atoms with Gasteiger partial charge in [-0.05, 0) is 35.7 Å². The van der Waals surface area contributed by atoms with E-state index in [-0.39, 0.29) is 11.4 Å². The molecule has 0 aliphatic rings. The molecule has 0 unspecified atom stereocenters. The van der Waals surface area contributed by atoms with Crippen molar-refractivity contribution < 1.29 is 12.8 Å². The van der Waals surface area contributed by atoms with E-state index in [1.165, 1.54) is 12.1 Å². The van der Waals surface area contributed by atoms with Crippen molar-refractivity contribution in [2.45, 2.75) is 24.9 Å². The van der Waals surface area contributed by atoms with E-state index in [4.69, 9.17) is 0 Å². The molecule has 0 amide bonds. The summed E-state index contributed by atoms with van der Waals surface area (Å²) in [5.74, 6) is -0.574. The van der Waals surface area contributed by atoms with E-state index in [1.54, 1.807) is 19.4 Å². The van der Waals surface area contributed by atoms with Crippen molar-refractivity contribution in [3.05, 3.63) is 83.7 Å². The summed E-state index contributed by atoms with van der Waals surface area (Å²) in [5.41, 5.74) is 2.42. The average Bonchev–Trinajstić information content (AvgIpc) is 3.09. The average molecular weight is 359 g/mol. The van der Waals surface area contributed by atoms with E-state index in [0.717, 1.165) is 17.2 Å². The molecule has 0 saturated carbocycles. The van der Waals surface area contributed by atoms with Gasteiger partial charge in [0, 0.05) is 25.5 Å². The highest BCUT2D eigenvalue weighted by Crippen LogP contribution is 2.17. The van der Waals surface area contributed by atoms with Gasteiger partial charge in [-0.3, -0.25) is 0 Å². The molecular weight excluding hydrogens is 341 g/mol. The molecule has 1 heterocycles. The zero-order valence-electron chi connectivity index (χ0n) is 13.7. The smallest absolute Gasteiger partial charge is 0.241 e. The minimum absolute atomic E-state index is 0.0378. The number of hydrogen-bond donors (Lipinski definition) is 1. The number of rotatable bonds is 6. The van der Waals surface area contributed by atoms with Gasteiger partial charge in [-0.15, -0.1) is 0 Å². The molecule has 0 aliphatic heterocycles. The molecule has 0 fully saturated rings. The standard InChI is InChI=1S/C18H18FN3O2S/c1-14-2-7-17(19)10-18(14)25(23,24)21-11-15-3-5-16(6-4-15)12-22-9-8-20-13-22/h2-10,13,21H,11-12H2,1H3. The Morgan fingerprint density at radius 2 is 1.84 bits per heavy atom. The minimum Gasteiger partial charge on any atom is -0.333 e. The van der Waals surface area contributed by atoms with Crippen molar-refractivity contribution in [2.75, 3.05) is 0 Å². The molecule has 5 nitrogen and oxygen atoms in total. The van der Waals surface area contributed by atoms with Crippen LogP contribution in [0.4, 0.5) is 4.39 Å². The van der Waals surface area contributed by atoms with E-state index >= 15 is 0 Å². The van der Waals surface area contributed by atoms with Crippen molar-refractivity contribution in [2.24, 2.45) is 0 Å². The second kappa shape index (κ2) is 7.16. The SMILES string of the molecule is Cc1ccc(F)cc1S(=O)(=O)NCc1ccc(Cn2ccnc2)cc1. The Kier molecular flexibility index (Phi) is 4.96. The molecule has 0 aliphatic carbocycles. The molecule has 0 bridgehead atoms. The summed E-state index contributed by atoms with van der Waals surface area (Å²) in [5, 5.41) is 0. The maximum Gasteiger partial charge on any atom is 0.241 e. The Labute approximate surface area is 146 Å². The van der Waals surface area contributed by atoms with Crippen molar-refractivity contribution in [1.29, 1.82) is 0 Å². The molecule has 2 aromatic carbocycles. The molecule has 25 heavy (non-hydrogen) atoms. The lowest BCUT2D eigenvalue weighted by Gasteiger charge is -2.10. The molecule has 0 spiro atoms. The maximum absolute atomic E-state index is 13.3. The monoisotopic (exact) mass is 359 g/mol. The summed E-state index contributed by atoms with van der Waals surface area (Å²) in [6.07, 6.45) is 5.34. The third-order valence-corrected chi connectivity index (χ3v) is 5.40. The van der Waals surface area contributed by atoms with Gasteiger partial charge >= 0.3 is 0 Å². The van der Waals surface area contributed by atoms with Gasteiger partial charge in [-0.1, -0.05) is 30.3 Å². The quantitative estimate of drug-likeness (QED) is 0.736. The largest absolute Gasteiger partial charge is 0.333 e. The predicted octanol–water partition coefficient (Wildman–Crippen LogP) is 2.86. The van der Waals surface area contributed by atoms with Gasteiger partial charge < -0.3 is 4.57 Å². The Morgan fingerprint density at radius 1 is 1.12 bits per heavy atom. The van der Waals surface area contributed by atoms with Crippen molar-refractivity contribution in [3.63, 3.8) is 0 Å². The van der Waals surface area contributed by atoms with Gasteiger partial charge in [0.2, 0.25) is 10.0 Å². The summed E-state index contributed by atoms with van der Waals surface area (Å²) in [6, 6.07) is 11.3. The summed E-state index contributed by atoms with van der Waals surface area (Å²) in [6.45, 7) is 2.48. The Hall–Kier alpha value is -2.51. The zero-order valence-corrected chi connectivity index (χ0v) is 14.5. The van der Waals surface area contributed by atoms with Crippen molar-refractivity contribution in [1.82, 2.24) is 14.3 Å². The van der Waals surface area contributed by atoms with Crippen LogP contribution in [-0.2, 0) is 23.1 Å². The fourth-order valence-corrected chi connectivity index (χ4v) is 3.74. The highest BCUT2D eigenvalue weighted by atomic mass is 32.2. The lowest BCUT2D eigenvalue weighted by atomic mass is 10.1. The van der Waals surface area contributed by atoms with Crippen LogP contribution in [0, 0.1) is 12.7 Å². The van der Waals surface area contributed by atoms with Gasteiger partial charge in [0.25, 0.3) is 0 Å². The van der Waals surface area contributed by atoms with Gasteiger partial charge in [-0.25, -0.2) is 22.5 Å². The first kappa shape index (κ1) is 17.3. The van der Waals surface area contributed by atoms with Gasteiger partial charge in [0.05, 0.1) is 11.2 Å². The topological polar surface area (TPSA) is 64.0 Å². The van der Waals surface area contributed by atoms with Crippen LogP contribution >= 0.6 is 0 Å². The summed E-state index contributed by atoms with van der Waals surface area (Å²) in [7, 11) is -3.77. The first-order valence-corrected chi connectivity index (χ1v) is 9.22. The lowest BCUT2D eigenvalue weighted by Crippen LogP contribution is -2.24. The molecule has 0 saturated heterocycles. The molecule has 3 aromatic rings. The number of nitrogens with zero attached hydrogens (tertiary/aromatic N) is 2. The van der Waals surface area contributed by atoms with Gasteiger partial charge in [0.15, 0.2) is 0 Å². The van der Waals surface area contributed by atoms with Crippen molar-refractivity contribution >= 4 is 10.0 Å². The number of sulfonamides is 1. The summed E-state index contributed by atoms with van der Waals surface area (Å²) < 4.78 is 42.5.